The number of carbonyl (C=O) groups is 1. The lowest BCUT2D eigenvalue weighted by molar-refractivity contribution is 0.208. The van der Waals surface area contributed by atoms with Crippen molar-refractivity contribution in [2.45, 2.75) is 6.92 Å². The van der Waals surface area contributed by atoms with Gasteiger partial charge in [-0.25, -0.2) is 4.79 Å². The zero-order chi connectivity index (χ0) is 27.2. The summed E-state index contributed by atoms with van der Waals surface area (Å²) in [5, 5.41) is 13.6. The van der Waals surface area contributed by atoms with Crippen LogP contribution in [-0.4, -0.2) is 55.8 Å². The van der Waals surface area contributed by atoms with Crippen molar-refractivity contribution in [2.75, 3.05) is 50.1 Å². The van der Waals surface area contributed by atoms with Gasteiger partial charge in [0.05, 0.1) is 30.5 Å². The Hall–Kier alpha value is -4.97. The number of fused-ring (bicyclic) bond motifs is 1. The van der Waals surface area contributed by atoms with E-state index in [1.165, 1.54) is 0 Å². The number of ether oxygens (including phenoxy) is 3. The first kappa shape index (κ1) is 25.7. The zero-order valence-corrected chi connectivity index (χ0v) is 21.9. The highest BCUT2D eigenvalue weighted by molar-refractivity contribution is 5.97. The summed E-state index contributed by atoms with van der Waals surface area (Å²) in [6.07, 6.45) is 1.59. The molecule has 4 aromatic rings. The van der Waals surface area contributed by atoms with Gasteiger partial charge in [0.1, 0.15) is 17.6 Å². The van der Waals surface area contributed by atoms with E-state index in [-0.39, 0.29) is 6.03 Å². The first-order valence-electron chi connectivity index (χ1n) is 12.8. The average molecular weight is 524 g/mol. The summed E-state index contributed by atoms with van der Waals surface area (Å²) in [4.78, 5) is 21.4. The van der Waals surface area contributed by atoms with Crippen LogP contribution >= 0.6 is 0 Å². The number of amides is 2. The van der Waals surface area contributed by atoms with Gasteiger partial charge in [0.2, 0.25) is 0 Å². The molecule has 0 spiro atoms. The summed E-state index contributed by atoms with van der Waals surface area (Å²) in [6.45, 7) is 4.56. The fraction of sp³-hybridized carbons (Fsp3) is 0.233. The van der Waals surface area contributed by atoms with E-state index < -0.39 is 0 Å². The van der Waals surface area contributed by atoms with E-state index in [9.17, 15) is 10.1 Å². The molecule has 198 valence electrons. The summed E-state index contributed by atoms with van der Waals surface area (Å²) < 4.78 is 17.1. The molecule has 2 amide bonds. The highest BCUT2D eigenvalue weighted by Crippen LogP contribution is 2.38. The molecule has 0 radical (unpaired) electrons. The Bertz CT molecular complexity index is 1490. The maximum atomic E-state index is 13.0. The number of para-hydroxylation sites is 1. The largest absolute Gasteiger partial charge is 0.493 e. The lowest BCUT2D eigenvalue weighted by Crippen LogP contribution is -2.50. The van der Waals surface area contributed by atoms with E-state index in [4.69, 9.17) is 14.2 Å². The number of rotatable bonds is 7. The molecule has 1 fully saturated rings. The fourth-order valence-corrected chi connectivity index (χ4v) is 4.60. The molecule has 0 atom stereocenters. The van der Waals surface area contributed by atoms with Crippen molar-refractivity contribution in [1.29, 1.82) is 5.26 Å². The number of nitrogens with zero attached hydrogens (tertiary/aromatic N) is 4. The second kappa shape index (κ2) is 11.6. The van der Waals surface area contributed by atoms with E-state index in [0.29, 0.717) is 66.8 Å². The van der Waals surface area contributed by atoms with Crippen molar-refractivity contribution in [3.05, 3.63) is 78.5 Å². The monoisotopic (exact) mass is 523 g/mol. The van der Waals surface area contributed by atoms with Crippen molar-refractivity contribution in [3.8, 4) is 29.1 Å². The molecule has 3 aromatic carbocycles. The molecule has 9 nitrogen and oxygen atoms in total. The molecule has 1 aliphatic rings. The number of pyridine rings is 1. The molecule has 0 aliphatic carbocycles. The minimum atomic E-state index is -0.172. The first-order valence-corrected chi connectivity index (χ1v) is 12.8. The van der Waals surface area contributed by atoms with Gasteiger partial charge in [-0.05, 0) is 49.4 Å². The zero-order valence-electron chi connectivity index (χ0n) is 21.9. The first-order chi connectivity index (χ1) is 19.1. The highest BCUT2D eigenvalue weighted by atomic mass is 16.5. The van der Waals surface area contributed by atoms with Crippen molar-refractivity contribution in [2.24, 2.45) is 0 Å². The normalized spacial score (nSPS) is 13.1. The Morgan fingerprint density at radius 1 is 1.00 bits per heavy atom. The molecule has 0 bridgehead atoms. The minimum Gasteiger partial charge on any atom is -0.493 e. The molecule has 1 aliphatic heterocycles. The number of urea groups is 1. The van der Waals surface area contributed by atoms with E-state index in [2.05, 4.69) is 21.3 Å². The number of nitrogens with one attached hydrogen (secondary N) is 1. The van der Waals surface area contributed by atoms with Gasteiger partial charge < -0.3 is 29.3 Å². The molecule has 1 aromatic heterocycles. The van der Waals surface area contributed by atoms with Crippen LogP contribution in [0.1, 0.15) is 12.5 Å². The molecule has 5 rings (SSSR count). The maximum absolute atomic E-state index is 13.0. The van der Waals surface area contributed by atoms with Crippen LogP contribution in [0, 0.1) is 11.3 Å². The number of benzene rings is 3. The van der Waals surface area contributed by atoms with E-state index in [1.807, 2.05) is 73.7 Å². The number of methoxy groups -OCH3 is 1. The molecule has 0 saturated carbocycles. The Morgan fingerprint density at radius 2 is 1.72 bits per heavy atom. The predicted molar refractivity (Wildman–Crippen MR) is 150 cm³/mol. The van der Waals surface area contributed by atoms with Gasteiger partial charge in [-0.3, -0.25) is 4.98 Å². The number of hydrogen-bond donors (Lipinski definition) is 1. The van der Waals surface area contributed by atoms with Crippen molar-refractivity contribution in [3.63, 3.8) is 0 Å². The number of piperazine rings is 1. The van der Waals surface area contributed by atoms with E-state index in [1.54, 1.807) is 18.2 Å². The predicted octanol–water partition coefficient (Wildman–Crippen LogP) is 5.66. The van der Waals surface area contributed by atoms with Gasteiger partial charge in [0.15, 0.2) is 11.5 Å². The quantitative estimate of drug-likeness (QED) is 0.334. The van der Waals surface area contributed by atoms with Gasteiger partial charge >= 0.3 is 6.03 Å². The van der Waals surface area contributed by atoms with E-state index in [0.717, 1.165) is 16.8 Å². The topological polar surface area (TPSA) is 100.0 Å². The number of hydrogen-bond acceptors (Lipinski definition) is 7. The van der Waals surface area contributed by atoms with Crippen LogP contribution in [0.2, 0.25) is 0 Å². The number of aromatic nitrogens is 1. The van der Waals surface area contributed by atoms with Gasteiger partial charge in [-0.2, -0.15) is 5.26 Å². The molecule has 0 unspecified atom stereocenters. The summed E-state index contributed by atoms with van der Waals surface area (Å²) in [5.41, 5.74) is 2.67. The SMILES string of the molecule is CCOc1cc2ncc(C#N)c(N3CCN(C(=O)Nc4ccc(Oc5ccccc5)cc4)CC3)c2cc1OC. The van der Waals surface area contributed by atoms with Crippen molar-refractivity contribution >= 4 is 28.3 Å². The minimum absolute atomic E-state index is 0.172. The van der Waals surface area contributed by atoms with Crippen LogP contribution in [0.25, 0.3) is 10.9 Å². The van der Waals surface area contributed by atoms with Crippen LogP contribution in [0.3, 0.4) is 0 Å². The third-order valence-electron chi connectivity index (χ3n) is 6.51. The standard InChI is InChI=1S/C30H29N5O4/c1-3-38-28-18-26-25(17-27(28)37-2)29(21(19-31)20-32-26)34-13-15-35(16-14-34)30(36)33-22-9-11-24(12-10-22)39-23-7-5-4-6-8-23/h4-12,17-18,20H,3,13-16H2,1-2H3,(H,33,36). The van der Waals surface area contributed by atoms with Gasteiger partial charge in [0.25, 0.3) is 0 Å². The number of carbonyl (C=O) groups excluding carboxylic acids is 1. The van der Waals surface area contributed by atoms with Crippen molar-refractivity contribution in [1.82, 2.24) is 9.88 Å². The smallest absolute Gasteiger partial charge is 0.321 e. The second-order valence-corrected chi connectivity index (χ2v) is 8.93. The Labute approximate surface area is 227 Å². The van der Waals surface area contributed by atoms with Gasteiger partial charge in [-0.1, -0.05) is 18.2 Å². The molecule has 1 N–H and O–H groups in total. The van der Waals surface area contributed by atoms with Crippen LogP contribution in [-0.2, 0) is 0 Å². The van der Waals surface area contributed by atoms with Gasteiger partial charge in [0, 0.05) is 49.5 Å². The number of anilines is 2. The Balaban J connectivity index is 1.26. The third kappa shape index (κ3) is 5.65. The average Bonchev–Trinajstić information content (AvgIpc) is 2.98. The van der Waals surface area contributed by atoms with Crippen molar-refractivity contribution < 1.29 is 19.0 Å². The molecular formula is C30H29N5O4. The van der Waals surface area contributed by atoms with Crippen LogP contribution in [0.4, 0.5) is 16.2 Å². The van der Waals surface area contributed by atoms with Crippen LogP contribution in [0.15, 0.2) is 72.9 Å². The summed E-state index contributed by atoms with van der Waals surface area (Å²) >= 11 is 0. The molecular weight excluding hydrogens is 494 g/mol. The lowest BCUT2D eigenvalue weighted by Gasteiger charge is -2.36. The molecule has 1 saturated heterocycles. The highest BCUT2D eigenvalue weighted by Gasteiger charge is 2.25. The van der Waals surface area contributed by atoms with E-state index >= 15 is 0 Å². The lowest BCUT2D eigenvalue weighted by atomic mass is 10.1. The molecule has 39 heavy (non-hydrogen) atoms. The maximum Gasteiger partial charge on any atom is 0.321 e. The fourth-order valence-electron chi connectivity index (χ4n) is 4.60. The van der Waals surface area contributed by atoms with Crippen LogP contribution in [0.5, 0.6) is 23.0 Å². The second-order valence-electron chi connectivity index (χ2n) is 8.93. The number of nitriles is 1. The van der Waals surface area contributed by atoms with Crippen LogP contribution < -0.4 is 24.4 Å². The summed E-state index contributed by atoms with van der Waals surface area (Å²) in [5.74, 6) is 2.63. The summed E-state index contributed by atoms with van der Waals surface area (Å²) in [7, 11) is 1.59. The summed E-state index contributed by atoms with van der Waals surface area (Å²) in [6, 6.07) is 22.6. The molecule has 9 heteroatoms. The molecule has 2 heterocycles. The van der Waals surface area contributed by atoms with Gasteiger partial charge in [-0.15, -0.1) is 0 Å². The third-order valence-corrected chi connectivity index (χ3v) is 6.51. The Morgan fingerprint density at radius 3 is 2.38 bits per heavy atom. The Kier molecular flexibility index (Phi) is 7.64.